The predicted molar refractivity (Wildman–Crippen MR) is 75.8 cm³/mol. The van der Waals surface area contributed by atoms with Gasteiger partial charge in [-0.1, -0.05) is 18.2 Å². The summed E-state index contributed by atoms with van der Waals surface area (Å²) >= 11 is 0. The third-order valence-electron chi connectivity index (χ3n) is 3.25. The van der Waals surface area contributed by atoms with Crippen LogP contribution in [0.4, 0.5) is 0 Å². The average Bonchev–Trinajstić information content (AvgIpc) is 2.87. The van der Waals surface area contributed by atoms with Gasteiger partial charge in [0.1, 0.15) is 5.82 Å². The molecule has 4 heteroatoms. The first kappa shape index (κ1) is 11.9. The second kappa shape index (κ2) is 5.20. The number of nitrogens with two attached hydrogens (primary N) is 1. The first-order valence-corrected chi connectivity index (χ1v) is 6.41. The molecule has 2 heterocycles. The molecule has 3 aromatic rings. The summed E-state index contributed by atoms with van der Waals surface area (Å²) in [6.45, 7) is 1.42. The Balaban J connectivity index is 1.99. The lowest BCUT2D eigenvalue weighted by Crippen LogP contribution is -2.10. The van der Waals surface area contributed by atoms with Crippen LogP contribution in [0.5, 0.6) is 0 Å². The van der Waals surface area contributed by atoms with Crippen LogP contribution in [0.2, 0.25) is 0 Å². The summed E-state index contributed by atoms with van der Waals surface area (Å²) < 4.78 is 2.15. The van der Waals surface area contributed by atoms with E-state index in [9.17, 15) is 0 Å². The summed E-state index contributed by atoms with van der Waals surface area (Å²) in [7, 11) is 0. The minimum Gasteiger partial charge on any atom is -0.330 e. The Labute approximate surface area is 111 Å². The van der Waals surface area contributed by atoms with Crippen LogP contribution in [0.15, 0.2) is 48.9 Å². The summed E-state index contributed by atoms with van der Waals surface area (Å²) in [6.07, 6.45) is 6.49. The molecule has 0 saturated heterocycles. The molecule has 0 spiro atoms. The minimum atomic E-state index is 0.619. The van der Waals surface area contributed by atoms with E-state index >= 15 is 0 Å². The van der Waals surface area contributed by atoms with Gasteiger partial charge in [-0.3, -0.25) is 4.98 Å². The van der Waals surface area contributed by atoms with Crippen LogP contribution in [-0.2, 0) is 13.0 Å². The fourth-order valence-corrected chi connectivity index (χ4v) is 2.32. The van der Waals surface area contributed by atoms with E-state index in [1.54, 1.807) is 0 Å². The van der Waals surface area contributed by atoms with Gasteiger partial charge in [0.25, 0.3) is 0 Å². The van der Waals surface area contributed by atoms with Gasteiger partial charge in [-0.25, -0.2) is 4.98 Å². The summed E-state index contributed by atoms with van der Waals surface area (Å²) in [5, 5.41) is 1.19. The third kappa shape index (κ3) is 2.35. The molecule has 0 radical (unpaired) electrons. The van der Waals surface area contributed by atoms with E-state index in [0.29, 0.717) is 6.54 Å². The SMILES string of the molecule is NCCc1nccn1Cc1ccnc2ccccc12. The molecule has 1 aromatic carbocycles. The largest absolute Gasteiger partial charge is 0.330 e. The highest BCUT2D eigenvalue weighted by Crippen LogP contribution is 2.17. The first-order valence-electron chi connectivity index (χ1n) is 6.41. The highest BCUT2D eigenvalue weighted by molar-refractivity contribution is 5.81. The van der Waals surface area contributed by atoms with Crippen LogP contribution in [-0.4, -0.2) is 21.1 Å². The molecule has 4 nitrogen and oxygen atoms in total. The van der Waals surface area contributed by atoms with E-state index in [0.717, 1.165) is 24.3 Å². The van der Waals surface area contributed by atoms with E-state index in [1.807, 2.05) is 36.8 Å². The van der Waals surface area contributed by atoms with Crippen molar-refractivity contribution in [1.29, 1.82) is 0 Å². The molecule has 0 amide bonds. The molecule has 0 atom stereocenters. The summed E-state index contributed by atoms with van der Waals surface area (Å²) in [4.78, 5) is 8.73. The maximum Gasteiger partial charge on any atom is 0.110 e. The fraction of sp³-hybridized carbons (Fsp3) is 0.200. The van der Waals surface area contributed by atoms with Crippen LogP contribution in [0.25, 0.3) is 10.9 Å². The van der Waals surface area contributed by atoms with Crippen molar-refractivity contribution in [3.63, 3.8) is 0 Å². The van der Waals surface area contributed by atoms with Crippen LogP contribution < -0.4 is 5.73 Å². The quantitative estimate of drug-likeness (QED) is 0.772. The number of hydrogen-bond acceptors (Lipinski definition) is 3. The molecule has 2 N–H and O–H groups in total. The van der Waals surface area contributed by atoms with E-state index < -0.39 is 0 Å². The lowest BCUT2D eigenvalue weighted by atomic mass is 10.1. The molecular weight excluding hydrogens is 236 g/mol. The zero-order valence-corrected chi connectivity index (χ0v) is 10.7. The number of nitrogens with zero attached hydrogens (tertiary/aromatic N) is 3. The van der Waals surface area contributed by atoms with Crippen molar-refractivity contribution in [3.8, 4) is 0 Å². The second-order valence-electron chi connectivity index (χ2n) is 4.50. The summed E-state index contributed by atoms with van der Waals surface area (Å²) in [6, 6.07) is 10.3. The number of fused-ring (bicyclic) bond motifs is 1. The molecule has 0 fully saturated rings. The van der Waals surface area contributed by atoms with Crippen LogP contribution in [0.3, 0.4) is 0 Å². The number of hydrogen-bond donors (Lipinski definition) is 1. The van der Waals surface area contributed by atoms with Gasteiger partial charge in [-0.2, -0.15) is 0 Å². The number of pyridine rings is 1. The molecule has 0 aliphatic heterocycles. The number of aromatic nitrogens is 3. The molecule has 3 rings (SSSR count). The van der Waals surface area contributed by atoms with Crippen LogP contribution in [0, 0.1) is 0 Å². The van der Waals surface area contributed by atoms with Crippen LogP contribution in [0.1, 0.15) is 11.4 Å². The van der Waals surface area contributed by atoms with Gasteiger partial charge in [0, 0.05) is 36.9 Å². The summed E-state index contributed by atoms with van der Waals surface area (Å²) in [5.74, 6) is 1.03. The Morgan fingerprint density at radius 1 is 1.05 bits per heavy atom. The van der Waals surface area contributed by atoms with Crippen molar-refractivity contribution in [2.45, 2.75) is 13.0 Å². The van der Waals surface area contributed by atoms with Gasteiger partial charge in [-0.05, 0) is 24.2 Å². The maximum absolute atomic E-state index is 5.61. The fourth-order valence-electron chi connectivity index (χ4n) is 2.32. The minimum absolute atomic E-state index is 0.619. The third-order valence-corrected chi connectivity index (χ3v) is 3.25. The standard InChI is InChI=1S/C15H16N4/c16-7-5-15-18-9-10-19(15)11-12-6-8-17-14-4-2-1-3-13(12)14/h1-4,6,8-10H,5,7,11,16H2. The van der Waals surface area contributed by atoms with Gasteiger partial charge in [-0.15, -0.1) is 0 Å². The highest BCUT2D eigenvalue weighted by atomic mass is 15.1. The van der Waals surface area contributed by atoms with Gasteiger partial charge >= 0.3 is 0 Å². The number of rotatable bonds is 4. The van der Waals surface area contributed by atoms with Crippen molar-refractivity contribution in [1.82, 2.24) is 14.5 Å². The lowest BCUT2D eigenvalue weighted by molar-refractivity contribution is 0.719. The molecule has 0 aliphatic carbocycles. The second-order valence-corrected chi connectivity index (χ2v) is 4.50. The van der Waals surface area contributed by atoms with Gasteiger partial charge < -0.3 is 10.3 Å². The smallest absolute Gasteiger partial charge is 0.110 e. The Morgan fingerprint density at radius 3 is 2.84 bits per heavy atom. The molecule has 0 bridgehead atoms. The van der Waals surface area contributed by atoms with Gasteiger partial charge in [0.15, 0.2) is 0 Å². The monoisotopic (exact) mass is 252 g/mol. The first-order chi connectivity index (χ1) is 9.38. The van der Waals surface area contributed by atoms with Crippen molar-refractivity contribution in [3.05, 3.63) is 60.3 Å². The normalized spacial score (nSPS) is 11.0. The number of benzene rings is 1. The van der Waals surface area contributed by atoms with Crippen molar-refractivity contribution < 1.29 is 0 Å². The zero-order chi connectivity index (χ0) is 13.1. The van der Waals surface area contributed by atoms with Crippen molar-refractivity contribution >= 4 is 10.9 Å². The zero-order valence-electron chi connectivity index (χ0n) is 10.7. The molecule has 96 valence electrons. The summed E-state index contributed by atoms with van der Waals surface area (Å²) in [5.41, 5.74) is 7.89. The van der Waals surface area contributed by atoms with Crippen molar-refractivity contribution in [2.75, 3.05) is 6.54 Å². The lowest BCUT2D eigenvalue weighted by Gasteiger charge is -2.09. The molecule has 19 heavy (non-hydrogen) atoms. The van der Waals surface area contributed by atoms with Gasteiger partial charge in [0.05, 0.1) is 5.52 Å². The van der Waals surface area contributed by atoms with E-state index in [-0.39, 0.29) is 0 Å². The van der Waals surface area contributed by atoms with E-state index in [4.69, 9.17) is 5.73 Å². The van der Waals surface area contributed by atoms with Crippen molar-refractivity contribution in [2.24, 2.45) is 5.73 Å². The maximum atomic E-state index is 5.61. The average molecular weight is 252 g/mol. The highest BCUT2D eigenvalue weighted by Gasteiger charge is 2.05. The Kier molecular flexibility index (Phi) is 3.25. The molecule has 0 unspecified atom stereocenters. The molecule has 0 aliphatic rings. The predicted octanol–water partition coefficient (Wildman–Crippen LogP) is 1.98. The molecule has 2 aromatic heterocycles. The Morgan fingerprint density at radius 2 is 1.95 bits per heavy atom. The number of para-hydroxylation sites is 1. The van der Waals surface area contributed by atoms with E-state index in [2.05, 4.69) is 26.7 Å². The Hall–Kier alpha value is -2.20. The van der Waals surface area contributed by atoms with E-state index in [1.165, 1.54) is 10.9 Å². The number of imidazole rings is 1. The van der Waals surface area contributed by atoms with Gasteiger partial charge in [0.2, 0.25) is 0 Å². The van der Waals surface area contributed by atoms with Crippen LogP contribution >= 0.6 is 0 Å². The topological polar surface area (TPSA) is 56.7 Å². The molecular formula is C15H16N4. The Bertz CT molecular complexity index is 682. The molecule has 0 saturated carbocycles.